The third kappa shape index (κ3) is 4.12. The number of thioether (sulfide) groups is 1. The second-order valence-electron chi connectivity index (χ2n) is 8.12. The number of benzene rings is 1. The minimum atomic E-state index is -0.740. The van der Waals surface area contributed by atoms with Crippen molar-refractivity contribution in [3.63, 3.8) is 0 Å². The van der Waals surface area contributed by atoms with Gasteiger partial charge in [0.2, 0.25) is 5.91 Å². The molecule has 0 aliphatic heterocycles. The molecule has 8 heteroatoms. The minimum absolute atomic E-state index is 0.116. The Morgan fingerprint density at radius 3 is 2.74 bits per heavy atom. The van der Waals surface area contributed by atoms with Crippen LogP contribution in [0.2, 0.25) is 0 Å². The summed E-state index contributed by atoms with van der Waals surface area (Å²) in [5, 5.41) is 15.4. The summed E-state index contributed by atoms with van der Waals surface area (Å²) in [6.07, 6.45) is 3.29. The summed E-state index contributed by atoms with van der Waals surface area (Å²) >= 11 is 2.66. The first-order valence-corrected chi connectivity index (χ1v) is 12.1. The van der Waals surface area contributed by atoms with Crippen LogP contribution in [0.15, 0.2) is 33.5 Å². The lowest BCUT2D eigenvalue weighted by Gasteiger charge is -2.21. The topological polar surface area (TPSA) is 87.8 Å². The van der Waals surface area contributed by atoms with E-state index in [0.717, 1.165) is 24.0 Å². The molecular weight excluding hydrogens is 428 g/mol. The monoisotopic (exact) mass is 452 g/mol. The molecule has 1 saturated carbocycles. The zero-order valence-electron chi connectivity index (χ0n) is 17.8. The predicted octanol–water partition coefficient (Wildman–Crippen LogP) is 4.32. The summed E-state index contributed by atoms with van der Waals surface area (Å²) in [4.78, 5) is 30.9. The van der Waals surface area contributed by atoms with Crippen LogP contribution in [0.1, 0.15) is 36.8 Å². The van der Waals surface area contributed by atoms with Crippen molar-refractivity contribution < 1.29 is 4.79 Å². The molecule has 2 heterocycles. The van der Waals surface area contributed by atoms with Gasteiger partial charge in [0.15, 0.2) is 5.16 Å². The lowest BCUT2D eigenvalue weighted by Crippen LogP contribution is -2.45. The smallest absolute Gasteiger partial charge is 0.263 e. The van der Waals surface area contributed by atoms with E-state index in [9.17, 15) is 14.9 Å². The largest absolute Gasteiger partial charge is 0.337 e. The molecule has 0 unspecified atom stereocenters. The number of hydrogen-bond acceptors (Lipinski definition) is 6. The van der Waals surface area contributed by atoms with E-state index in [1.54, 1.807) is 7.05 Å². The number of thiophene rings is 1. The van der Waals surface area contributed by atoms with E-state index in [1.165, 1.54) is 38.8 Å². The first-order valence-electron chi connectivity index (χ1n) is 10.2. The molecule has 160 valence electrons. The van der Waals surface area contributed by atoms with E-state index in [0.29, 0.717) is 28.2 Å². The molecule has 0 bridgehead atoms. The number of rotatable bonds is 5. The molecule has 0 radical (unpaired) electrons. The highest BCUT2D eigenvalue weighted by Crippen LogP contribution is 2.33. The quantitative estimate of drug-likeness (QED) is 0.460. The van der Waals surface area contributed by atoms with Crippen LogP contribution < -0.4 is 10.9 Å². The van der Waals surface area contributed by atoms with Gasteiger partial charge in [0.1, 0.15) is 10.4 Å². The van der Waals surface area contributed by atoms with Crippen LogP contribution in [0.4, 0.5) is 0 Å². The zero-order chi connectivity index (χ0) is 22.2. The van der Waals surface area contributed by atoms with E-state index < -0.39 is 5.54 Å². The lowest BCUT2D eigenvalue weighted by atomic mass is 10.0. The third-order valence-corrected chi connectivity index (χ3v) is 7.88. The van der Waals surface area contributed by atoms with Gasteiger partial charge in [-0.2, -0.15) is 5.26 Å². The van der Waals surface area contributed by atoms with Crippen LogP contribution in [0, 0.1) is 25.2 Å². The van der Waals surface area contributed by atoms with Crippen LogP contribution in [-0.4, -0.2) is 26.8 Å². The average molecular weight is 453 g/mol. The SMILES string of the molecule is Cc1ccc(-c2csc3nc(SCC(=O)NC4(C#N)CCCC4)n(C)c(=O)c23)cc1C. The van der Waals surface area contributed by atoms with Crippen molar-refractivity contribution in [2.24, 2.45) is 7.05 Å². The number of aryl methyl sites for hydroxylation is 2. The molecule has 1 aliphatic carbocycles. The first-order chi connectivity index (χ1) is 14.8. The summed E-state index contributed by atoms with van der Waals surface area (Å²) < 4.78 is 1.51. The van der Waals surface area contributed by atoms with Crippen LogP contribution in [-0.2, 0) is 11.8 Å². The maximum atomic E-state index is 13.1. The first kappa shape index (κ1) is 21.6. The Morgan fingerprint density at radius 2 is 2.06 bits per heavy atom. The summed E-state index contributed by atoms with van der Waals surface area (Å²) in [7, 11) is 1.69. The van der Waals surface area contributed by atoms with E-state index >= 15 is 0 Å². The molecule has 4 rings (SSSR count). The molecule has 3 aromatic rings. The molecule has 31 heavy (non-hydrogen) atoms. The second-order valence-corrected chi connectivity index (χ2v) is 9.93. The molecular formula is C23H24N4O2S2. The minimum Gasteiger partial charge on any atom is -0.337 e. The number of amides is 1. The van der Waals surface area contributed by atoms with Gasteiger partial charge < -0.3 is 5.32 Å². The maximum absolute atomic E-state index is 13.1. The number of nitrogens with zero attached hydrogens (tertiary/aromatic N) is 3. The number of nitrogens with one attached hydrogen (secondary N) is 1. The van der Waals surface area contributed by atoms with Crippen molar-refractivity contribution in [3.8, 4) is 17.2 Å². The van der Waals surface area contributed by atoms with Crippen molar-refractivity contribution in [1.82, 2.24) is 14.9 Å². The van der Waals surface area contributed by atoms with Gasteiger partial charge in [-0.3, -0.25) is 14.2 Å². The Bertz CT molecular complexity index is 1260. The van der Waals surface area contributed by atoms with Crippen LogP contribution >= 0.6 is 23.1 Å². The van der Waals surface area contributed by atoms with E-state index in [4.69, 9.17) is 0 Å². The zero-order valence-corrected chi connectivity index (χ0v) is 19.5. The molecule has 1 amide bonds. The highest BCUT2D eigenvalue weighted by molar-refractivity contribution is 7.99. The van der Waals surface area contributed by atoms with Gasteiger partial charge in [-0.05, 0) is 56.2 Å². The van der Waals surface area contributed by atoms with Gasteiger partial charge >= 0.3 is 0 Å². The second kappa shape index (κ2) is 8.48. The van der Waals surface area contributed by atoms with Crippen molar-refractivity contribution in [2.45, 2.75) is 50.2 Å². The van der Waals surface area contributed by atoms with Crippen LogP contribution in [0.25, 0.3) is 21.3 Å². The Labute approximate surface area is 189 Å². The normalized spacial score (nSPS) is 15.2. The van der Waals surface area contributed by atoms with Crippen molar-refractivity contribution in [1.29, 1.82) is 5.26 Å². The fraction of sp³-hybridized carbons (Fsp3) is 0.391. The van der Waals surface area contributed by atoms with Crippen molar-refractivity contribution in [3.05, 3.63) is 45.1 Å². The molecule has 0 spiro atoms. The third-order valence-electron chi connectivity index (χ3n) is 5.97. The Hall–Kier alpha value is -2.63. The van der Waals surface area contributed by atoms with Gasteiger partial charge in [-0.1, -0.05) is 30.0 Å². The predicted molar refractivity (Wildman–Crippen MR) is 125 cm³/mol. The highest BCUT2D eigenvalue weighted by atomic mass is 32.2. The molecule has 0 saturated heterocycles. The van der Waals surface area contributed by atoms with Gasteiger partial charge in [0, 0.05) is 18.0 Å². The Morgan fingerprint density at radius 1 is 1.32 bits per heavy atom. The van der Waals surface area contributed by atoms with Gasteiger partial charge in [0.25, 0.3) is 5.56 Å². The average Bonchev–Trinajstić information content (AvgIpc) is 3.39. The van der Waals surface area contributed by atoms with E-state index in [-0.39, 0.29) is 17.2 Å². The number of hydrogen-bond donors (Lipinski definition) is 1. The van der Waals surface area contributed by atoms with Crippen molar-refractivity contribution >= 4 is 39.2 Å². The van der Waals surface area contributed by atoms with Crippen LogP contribution in [0.5, 0.6) is 0 Å². The molecule has 1 fully saturated rings. The molecule has 1 aliphatic rings. The number of aromatic nitrogens is 2. The maximum Gasteiger partial charge on any atom is 0.263 e. The fourth-order valence-electron chi connectivity index (χ4n) is 3.98. The summed E-state index contributed by atoms with van der Waals surface area (Å²) in [5.74, 6) is -0.0882. The van der Waals surface area contributed by atoms with Crippen LogP contribution in [0.3, 0.4) is 0 Å². The Kier molecular flexibility index (Phi) is 5.91. The van der Waals surface area contributed by atoms with E-state index in [2.05, 4.69) is 42.4 Å². The van der Waals surface area contributed by atoms with Gasteiger partial charge in [-0.25, -0.2) is 4.98 Å². The van der Waals surface area contributed by atoms with E-state index in [1.807, 2.05) is 11.4 Å². The highest BCUT2D eigenvalue weighted by Gasteiger charge is 2.35. The molecule has 1 N–H and O–H groups in total. The fourth-order valence-corrected chi connectivity index (χ4v) is 5.74. The summed E-state index contributed by atoms with van der Waals surface area (Å²) in [6, 6.07) is 8.46. The number of nitriles is 1. The summed E-state index contributed by atoms with van der Waals surface area (Å²) in [6.45, 7) is 4.13. The molecule has 2 aromatic heterocycles. The standard InChI is InChI=1S/C23H24N4O2S2/c1-14-6-7-16(10-15(14)2)17-11-30-20-19(17)21(29)27(3)22(25-20)31-12-18(28)26-23(13-24)8-4-5-9-23/h6-7,10-11H,4-5,8-9,12H2,1-3H3,(H,26,28). The number of carbonyl (C=O) groups is 1. The van der Waals surface area contributed by atoms with Crippen molar-refractivity contribution in [2.75, 3.05) is 5.75 Å². The Balaban J connectivity index is 1.58. The van der Waals surface area contributed by atoms with Gasteiger partial charge in [-0.15, -0.1) is 11.3 Å². The van der Waals surface area contributed by atoms with Gasteiger partial charge in [0.05, 0.1) is 17.2 Å². The summed E-state index contributed by atoms with van der Waals surface area (Å²) in [5.41, 5.74) is 3.43. The molecule has 0 atom stereocenters. The molecule has 1 aromatic carbocycles. The number of carbonyl (C=O) groups excluding carboxylic acids is 1. The molecule has 6 nitrogen and oxygen atoms in total. The lowest BCUT2D eigenvalue weighted by molar-refractivity contribution is -0.119. The number of fused-ring (bicyclic) bond motifs is 1.